The molecule has 2 unspecified atom stereocenters. The quantitative estimate of drug-likeness (QED) is 0.809. The predicted molar refractivity (Wildman–Crippen MR) is 106 cm³/mol. The molecule has 0 radical (unpaired) electrons. The van der Waals surface area contributed by atoms with E-state index in [0.29, 0.717) is 18.0 Å². The van der Waals surface area contributed by atoms with E-state index < -0.39 is 18.0 Å². The molecule has 1 heterocycles. The molecule has 3 amide bonds. The summed E-state index contributed by atoms with van der Waals surface area (Å²) in [7, 11) is 0. The number of benzene rings is 2. The highest BCUT2D eigenvalue weighted by atomic mass is 35.5. The highest BCUT2D eigenvalue weighted by molar-refractivity contribution is 6.30. The van der Waals surface area contributed by atoms with Crippen LogP contribution in [0.3, 0.4) is 0 Å². The van der Waals surface area contributed by atoms with Crippen LogP contribution in [0.25, 0.3) is 0 Å². The average Bonchev–Trinajstić information content (AvgIpc) is 2.66. The van der Waals surface area contributed by atoms with Crippen LogP contribution in [0, 0.1) is 0 Å². The summed E-state index contributed by atoms with van der Waals surface area (Å²) in [5, 5.41) is 3.37. The third-order valence-electron chi connectivity index (χ3n) is 4.90. The lowest BCUT2D eigenvalue weighted by Crippen LogP contribution is -2.46. The SMILES string of the molecule is CC(=O)NC(CC(=O)N1CCc2ccccc2C1C(N)=O)c1ccc(Cl)cc1. The second-order valence-corrected chi connectivity index (χ2v) is 7.29. The standard InChI is InChI=1S/C21H22ClN3O3/c1-13(26)24-18(15-6-8-16(22)9-7-15)12-19(27)25-11-10-14-4-2-3-5-17(14)20(25)21(23)28/h2-9,18,20H,10-12H2,1H3,(H2,23,28)(H,24,26). The number of rotatable bonds is 5. The summed E-state index contributed by atoms with van der Waals surface area (Å²) in [5.74, 6) is -1.06. The van der Waals surface area contributed by atoms with Crippen LogP contribution in [-0.2, 0) is 20.8 Å². The Morgan fingerprint density at radius 2 is 1.86 bits per heavy atom. The van der Waals surface area contributed by atoms with Crippen LogP contribution >= 0.6 is 11.6 Å². The van der Waals surface area contributed by atoms with Crippen LogP contribution in [0.4, 0.5) is 0 Å². The zero-order valence-corrected chi connectivity index (χ0v) is 16.3. The van der Waals surface area contributed by atoms with E-state index >= 15 is 0 Å². The minimum atomic E-state index is -0.805. The van der Waals surface area contributed by atoms with E-state index in [0.717, 1.165) is 16.7 Å². The number of nitrogens with two attached hydrogens (primary N) is 1. The first-order chi connectivity index (χ1) is 13.4. The Morgan fingerprint density at radius 1 is 1.18 bits per heavy atom. The number of halogens is 1. The van der Waals surface area contributed by atoms with Gasteiger partial charge < -0.3 is 16.0 Å². The molecule has 0 aliphatic carbocycles. The molecule has 28 heavy (non-hydrogen) atoms. The van der Waals surface area contributed by atoms with Gasteiger partial charge in [-0.2, -0.15) is 0 Å². The highest BCUT2D eigenvalue weighted by Crippen LogP contribution is 2.31. The fourth-order valence-corrected chi connectivity index (χ4v) is 3.75. The number of nitrogens with one attached hydrogen (secondary N) is 1. The predicted octanol–water partition coefficient (Wildman–Crippen LogP) is 2.52. The zero-order chi connectivity index (χ0) is 20.3. The number of primary amides is 1. The molecule has 2 aromatic carbocycles. The van der Waals surface area contributed by atoms with Crippen LogP contribution in [0.5, 0.6) is 0 Å². The first kappa shape index (κ1) is 19.9. The maximum Gasteiger partial charge on any atom is 0.244 e. The molecule has 3 rings (SSSR count). The summed E-state index contributed by atoms with van der Waals surface area (Å²) in [6.07, 6.45) is 0.671. The minimum Gasteiger partial charge on any atom is -0.368 e. The van der Waals surface area contributed by atoms with Crippen LogP contribution in [0.15, 0.2) is 48.5 Å². The van der Waals surface area contributed by atoms with Gasteiger partial charge in [0.1, 0.15) is 6.04 Å². The zero-order valence-electron chi connectivity index (χ0n) is 15.5. The van der Waals surface area contributed by atoms with E-state index in [1.807, 2.05) is 24.3 Å². The largest absolute Gasteiger partial charge is 0.368 e. The van der Waals surface area contributed by atoms with E-state index in [-0.39, 0.29) is 18.2 Å². The van der Waals surface area contributed by atoms with Gasteiger partial charge in [-0.25, -0.2) is 0 Å². The van der Waals surface area contributed by atoms with E-state index in [9.17, 15) is 14.4 Å². The van der Waals surface area contributed by atoms with Gasteiger partial charge in [0.05, 0.1) is 12.5 Å². The van der Waals surface area contributed by atoms with E-state index in [4.69, 9.17) is 17.3 Å². The van der Waals surface area contributed by atoms with Crippen molar-refractivity contribution in [2.24, 2.45) is 5.73 Å². The minimum absolute atomic E-state index is 0.0210. The molecule has 7 heteroatoms. The van der Waals surface area contributed by atoms with Crippen molar-refractivity contribution in [1.82, 2.24) is 10.2 Å². The van der Waals surface area contributed by atoms with E-state index in [2.05, 4.69) is 5.32 Å². The van der Waals surface area contributed by atoms with Gasteiger partial charge in [-0.05, 0) is 35.2 Å². The van der Waals surface area contributed by atoms with Crippen molar-refractivity contribution < 1.29 is 14.4 Å². The second-order valence-electron chi connectivity index (χ2n) is 6.85. The third kappa shape index (κ3) is 4.34. The number of fused-ring (bicyclic) bond motifs is 1. The van der Waals surface area contributed by atoms with Crippen LogP contribution < -0.4 is 11.1 Å². The average molecular weight is 400 g/mol. The molecule has 146 valence electrons. The molecule has 0 saturated carbocycles. The smallest absolute Gasteiger partial charge is 0.244 e. The molecule has 3 N–H and O–H groups in total. The Bertz CT molecular complexity index is 898. The lowest BCUT2D eigenvalue weighted by molar-refractivity contribution is -0.140. The molecule has 0 saturated heterocycles. The summed E-state index contributed by atoms with van der Waals surface area (Å²) in [5.41, 5.74) is 8.18. The molecule has 0 fully saturated rings. The fraction of sp³-hybridized carbons (Fsp3) is 0.286. The number of carbonyl (C=O) groups is 3. The normalized spacial score (nSPS) is 16.8. The molecule has 1 aliphatic heterocycles. The van der Waals surface area contributed by atoms with Crippen molar-refractivity contribution in [3.05, 3.63) is 70.2 Å². The van der Waals surface area contributed by atoms with Crippen molar-refractivity contribution in [1.29, 1.82) is 0 Å². The van der Waals surface area contributed by atoms with Crippen molar-refractivity contribution >= 4 is 29.3 Å². The molecule has 6 nitrogen and oxygen atoms in total. The van der Waals surface area contributed by atoms with Gasteiger partial charge >= 0.3 is 0 Å². The van der Waals surface area contributed by atoms with Gasteiger partial charge in [-0.3, -0.25) is 14.4 Å². The van der Waals surface area contributed by atoms with Crippen molar-refractivity contribution in [3.63, 3.8) is 0 Å². The fourth-order valence-electron chi connectivity index (χ4n) is 3.63. The Labute approximate surface area is 168 Å². The lowest BCUT2D eigenvalue weighted by Gasteiger charge is -2.36. The second kappa shape index (κ2) is 8.44. The molecule has 1 aliphatic rings. The van der Waals surface area contributed by atoms with Gasteiger partial charge in [0.25, 0.3) is 0 Å². The summed E-state index contributed by atoms with van der Waals surface area (Å²) >= 11 is 5.94. The van der Waals surface area contributed by atoms with Gasteiger partial charge in [-0.1, -0.05) is 48.0 Å². The monoisotopic (exact) mass is 399 g/mol. The number of nitrogens with zero attached hydrogens (tertiary/aromatic N) is 1. The first-order valence-corrected chi connectivity index (χ1v) is 9.43. The van der Waals surface area contributed by atoms with Crippen LogP contribution in [0.2, 0.25) is 5.02 Å². The summed E-state index contributed by atoms with van der Waals surface area (Å²) in [6.45, 7) is 1.80. The van der Waals surface area contributed by atoms with Gasteiger partial charge in [0.15, 0.2) is 0 Å². The lowest BCUT2D eigenvalue weighted by atomic mass is 9.91. The van der Waals surface area contributed by atoms with Crippen molar-refractivity contribution in [3.8, 4) is 0 Å². The maximum atomic E-state index is 13.1. The Hall–Kier alpha value is -2.86. The number of hydrogen-bond donors (Lipinski definition) is 2. The molecule has 0 spiro atoms. The number of hydrogen-bond acceptors (Lipinski definition) is 3. The Balaban J connectivity index is 1.85. The third-order valence-corrected chi connectivity index (χ3v) is 5.15. The van der Waals surface area contributed by atoms with Crippen molar-refractivity contribution in [2.75, 3.05) is 6.54 Å². The molecule has 2 atom stereocenters. The molecule has 2 aromatic rings. The van der Waals surface area contributed by atoms with Gasteiger partial charge in [0.2, 0.25) is 17.7 Å². The Kier molecular flexibility index (Phi) is 5.99. The maximum absolute atomic E-state index is 13.1. The number of amides is 3. The van der Waals surface area contributed by atoms with Crippen LogP contribution in [0.1, 0.15) is 42.1 Å². The summed E-state index contributed by atoms with van der Waals surface area (Å²) in [6, 6.07) is 13.1. The molecule has 0 aromatic heterocycles. The Morgan fingerprint density at radius 3 is 2.50 bits per heavy atom. The summed E-state index contributed by atoms with van der Waals surface area (Å²) in [4.78, 5) is 38.4. The van der Waals surface area contributed by atoms with Crippen molar-refractivity contribution in [2.45, 2.75) is 31.8 Å². The van der Waals surface area contributed by atoms with Gasteiger partial charge in [-0.15, -0.1) is 0 Å². The van der Waals surface area contributed by atoms with Crippen LogP contribution in [-0.4, -0.2) is 29.2 Å². The molecule has 0 bridgehead atoms. The molecular weight excluding hydrogens is 378 g/mol. The summed E-state index contributed by atoms with van der Waals surface area (Å²) < 4.78 is 0. The first-order valence-electron chi connectivity index (χ1n) is 9.06. The van der Waals surface area contributed by atoms with E-state index in [1.54, 1.807) is 24.3 Å². The molecular formula is C21H22ClN3O3. The van der Waals surface area contributed by atoms with Gasteiger partial charge in [0, 0.05) is 18.5 Å². The van der Waals surface area contributed by atoms with E-state index in [1.165, 1.54) is 11.8 Å². The number of carbonyl (C=O) groups excluding carboxylic acids is 3. The topological polar surface area (TPSA) is 92.5 Å². The highest BCUT2D eigenvalue weighted by Gasteiger charge is 2.35.